The predicted molar refractivity (Wildman–Crippen MR) is 85.5 cm³/mol. The van der Waals surface area contributed by atoms with E-state index in [4.69, 9.17) is 0 Å². The van der Waals surface area contributed by atoms with Crippen molar-refractivity contribution in [1.29, 1.82) is 0 Å². The third-order valence-corrected chi connectivity index (χ3v) is 4.93. The molecular weight excluding hydrogens is 306 g/mol. The van der Waals surface area contributed by atoms with E-state index in [-0.39, 0.29) is 0 Å². The van der Waals surface area contributed by atoms with Crippen molar-refractivity contribution in [1.82, 2.24) is 5.32 Å². The number of halogens is 1. The Bertz CT molecular complexity index is 359. The van der Waals surface area contributed by atoms with Crippen LogP contribution in [0.25, 0.3) is 0 Å². The van der Waals surface area contributed by atoms with Crippen molar-refractivity contribution in [2.75, 3.05) is 12.0 Å². The van der Waals surface area contributed by atoms with E-state index >= 15 is 0 Å². The lowest BCUT2D eigenvalue weighted by molar-refractivity contribution is 0.268. The molecule has 1 N–H and O–H groups in total. The molecule has 0 aliphatic heterocycles. The first kappa shape index (κ1) is 14.4. The first-order chi connectivity index (χ1) is 8.69. The van der Waals surface area contributed by atoms with E-state index in [9.17, 15) is 0 Å². The highest BCUT2D eigenvalue weighted by Gasteiger charge is 2.30. The van der Waals surface area contributed by atoms with Crippen LogP contribution in [-0.2, 0) is 0 Å². The van der Waals surface area contributed by atoms with Crippen LogP contribution in [0.1, 0.15) is 37.7 Å². The number of thioether (sulfide) groups is 1. The minimum atomic E-state index is 0.660. The average Bonchev–Trinajstić information content (AvgIpc) is 2.32. The van der Waals surface area contributed by atoms with Gasteiger partial charge in [0.15, 0.2) is 0 Å². The number of nitrogens with one attached hydrogen (secondary N) is 1. The minimum absolute atomic E-state index is 0.660. The highest BCUT2D eigenvalue weighted by Crippen LogP contribution is 2.37. The van der Waals surface area contributed by atoms with E-state index < -0.39 is 0 Å². The van der Waals surface area contributed by atoms with Gasteiger partial charge in [-0.25, -0.2) is 0 Å². The van der Waals surface area contributed by atoms with Gasteiger partial charge in [0.1, 0.15) is 0 Å². The Labute approximate surface area is 123 Å². The van der Waals surface area contributed by atoms with Crippen LogP contribution in [0.5, 0.6) is 0 Å². The summed E-state index contributed by atoms with van der Waals surface area (Å²) < 4.78 is 1.17. The molecule has 1 aliphatic carbocycles. The lowest BCUT2D eigenvalue weighted by Gasteiger charge is -2.38. The fraction of sp³-hybridized carbons (Fsp3) is 0.600. The van der Waals surface area contributed by atoms with Gasteiger partial charge in [-0.3, -0.25) is 0 Å². The standard InChI is InChI=1S/C15H22BrNS/c1-11(7-8-18-2)17-15-9-13(10-15)12-3-5-14(16)6-4-12/h3-6,11,13,15,17H,7-10H2,1-2H3. The molecule has 0 amide bonds. The van der Waals surface area contributed by atoms with Gasteiger partial charge < -0.3 is 5.32 Å². The van der Waals surface area contributed by atoms with Gasteiger partial charge in [0.2, 0.25) is 0 Å². The molecule has 1 saturated carbocycles. The van der Waals surface area contributed by atoms with Gasteiger partial charge in [-0.05, 0) is 61.8 Å². The van der Waals surface area contributed by atoms with Crippen LogP contribution in [0.3, 0.4) is 0 Å². The molecule has 1 atom stereocenters. The molecule has 1 aromatic carbocycles. The van der Waals surface area contributed by atoms with Crippen LogP contribution >= 0.6 is 27.7 Å². The van der Waals surface area contributed by atoms with Gasteiger partial charge in [-0.1, -0.05) is 28.1 Å². The molecule has 0 saturated heterocycles. The largest absolute Gasteiger partial charge is 0.311 e. The number of benzene rings is 1. The van der Waals surface area contributed by atoms with Crippen LogP contribution in [0.4, 0.5) is 0 Å². The highest BCUT2D eigenvalue weighted by molar-refractivity contribution is 9.10. The molecule has 0 bridgehead atoms. The maximum atomic E-state index is 3.74. The molecule has 100 valence electrons. The highest BCUT2D eigenvalue weighted by atomic mass is 79.9. The monoisotopic (exact) mass is 327 g/mol. The molecule has 1 aliphatic rings. The van der Waals surface area contributed by atoms with Crippen LogP contribution in [0.2, 0.25) is 0 Å². The lowest BCUT2D eigenvalue weighted by atomic mass is 9.75. The van der Waals surface area contributed by atoms with Crippen LogP contribution in [0.15, 0.2) is 28.7 Å². The molecular formula is C15H22BrNS. The summed E-state index contributed by atoms with van der Waals surface area (Å²) in [7, 11) is 0. The quantitative estimate of drug-likeness (QED) is 0.829. The number of rotatable bonds is 6. The first-order valence-electron chi connectivity index (χ1n) is 6.69. The molecule has 2 rings (SSSR count). The summed E-state index contributed by atoms with van der Waals surface area (Å²) in [6.45, 7) is 2.31. The summed E-state index contributed by atoms with van der Waals surface area (Å²) in [5.74, 6) is 2.03. The summed E-state index contributed by atoms with van der Waals surface area (Å²) >= 11 is 5.43. The zero-order valence-electron chi connectivity index (χ0n) is 11.2. The van der Waals surface area contributed by atoms with Gasteiger partial charge in [-0.2, -0.15) is 11.8 Å². The summed E-state index contributed by atoms with van der Waals surface area (Å²) in [5.41, 5.74) is 1.49. The van der Waals surface area contributed by atoms with Crippen molar-refractivity contribution in [3.05, 3.63) is 34.3 Å². The third-order valence-electron chi connectivity index (χ3n) is 3.75. The first-order valence-corrected chi connectivity index (χ1v) is 8.88. The van der Waals surface area contributed by atoms with Crippen molar-refractivity contribution < 1.29 is 0 Å². The van der Waals surface area contributed by atoms with E-state index in [1.54, 1.807) is 0 Å². The maximum Gasteiger partial charge on any atom is 0.0175 e. The second-order valence-electron chi connectivity index (χ2n) is 5.27. The molecule has 0 heterocycles. The molecule has 1 nitrogen and oxygen atoms in total. The van der Waals surface area contributed by atoms with Gasteiger partial charge in [0.25, 0.3) is 0 Å². The van der Waals surface area contributed by atoms with Crippen LogP contribution < -0.4 is 5.32 Å². The zero-order chi connectivity index (χ0) is 13.0. The van der Waals surface area contributed by atoms with Gasteiger partial charge in [0, 0.05) is 16.6 Å². The summed E-state index contributed by atoms with van der Waals surface area (Å²) in [6, 6.07) is 10.2. The normalized spacial score (nSPS) is 24.6. The molecule has 0 aromatic heterocycles. The zero-order valence-corrected chi connectivity index (χ0v) is 13.6. The van der Waals surface area contributed by atoms with Gasteiger partial charge in [-0.15, -0.1) is 0 Å². The SMILES string of the molecule is CSCCC(C)NC1CC(c2ccc(Br)cc2)C1. The molecule has 1 unspecified atom stereocenters. The Hall–Kier alpha value is 0.01000. The van der Waals surface area contributed by atoms with Crippen molar-refractivity contribution >= 4 is 27.7 Å². The maximum absolute atomic E-state index is 3.74. The van der Waals surface area contributed by atoms with Crippen molar-refractivity contribution in [3.8, 4) is 0 Å². The van der Waals surface area contributed by atoms with E-state index in [2.05, 4.69) is 58.7 Å². The number of hydrogen-bond donors (Lipinski definition) is 1. The Kier molecular flexibility index (Phi) is 5.58. The Morgan fingerprint density at radius 2 is 2.00 bits per heavy atom. The van der Waals surface area contributed by atoms with Crippen LogP contribution in [0, 0.1) is 0 Å². The smallest absolute Gasteiger partial charge is 0.0175 e. The number of hydrogen-bond acceptors (Lipinski definition) is 2. The summed E-state index contributed by atoms with van der Waals surface area (Å²) in [6.07, 6.45) is 6.05. The topological polar surface area (TPSA) is 12.0 Å². The molecule has 1 aromatic rings. The van der Waals surface area contributed by atoms with Crippen molar-refractivity contribution in [2.24, 2.45) is 0 Å². The van der Waals surface area contributed by atoms with Crippen LogP contribution in [-0.4, -0.2) is 24.1 Å². The lowest BCUT2D eigenvalue weighted by Crippen LogP contribution is -2.44. The Morgan fingerprint density at radius 3 is 2.61 bits per heavy atom. The molecule has 0 spiro atoms. The van der Waals surface area contributed by atoms with E-state index in [1.807, 2.05) is 11.8 Å². The summed E-state index contributed by atoms with van der Waals surface area (Å²) in [5, 5.41) is 3.74. The molecule has 3 heteroatoms. The summed E-state index contributed by atoms with van der Waals surface area (Å²) in [4.78, 5) is 0. The second-order valence-corrected chi connectivity index (χ2v) is 7.17. The van der Waals surface area contributed by atoms with E-state index in [0.717, 1.165) is 12.0 Å². The van der Waals surface area contributed by atoms with Gasteiger partial charge >= 0.3 is 0 Å². The molecule has 18 heavy (non-hydrogen) atoms. The van der Waals surface area contributed by atoms with E-state index in [0.29, 0.717) is 6.04 Å². The van der Waals surface area contributed by atoms with E-state index in [1.165, 1.54) is 35.1 Å². The third kappa shape index (κ3) is 4.01. The molecule has 0 radical (unpaired) electrons. The van der Waals surface area contributed by atoms with Crippen molar-refractivity contribution in [2.45, 2.75) is 44.2 Å². The fourth-order valence-corrected chi connectivity index (χ4v) is 3.39. The minimum Gasteiger partial charge on any atom is -0.311 e. The fourth-order valence-electron chi connectivity index (χ4n) is 2.54. The average molecular weight is 328 g/mol. The molecule has 1 fully saturated rings. The van der Waals surface area contributed by atoms with Crippen molar-refractivity contribution in [3.63, 3.8) is 0 Å². The van der Waals surface area contributed by atoms with Gasteiger partial charge in [0.05, 0.1) is 0 Å². The Morgan fingerprint density at radius 1 is 1.33 bits per heavy atom. The predicted octanol–water partition coefficient (Wildman–Crippen LogP) is 4.43. The second kappa shape index (κ2) is 6.97. The Balaban J connectivity index is 1.72.